The topological polar surface area (TPSA) is 56.9 Å². The van der Waals surface area contributed by atoms with Gasteiger partial charge in [0.2, 0.25) is 0 Å². The van der Waals surface area contributed by atoms with E-state index in [0.29, 0.717) is 6.54 Å². The smallest absolute Gasteiger partial charge is 0.319 e. The number of aromatic nitrogens is 1. The number of hydrogen-bond acceptors (Lipinski definition) is 2. The molecule has 2 amide bonds. The van der Waals surface area contributed by atoms with E-state index in [-0.39, 0.29) is 11.6 Å². The second-order valence-electron chi connectivity index (χ2n) is 6.32. The van der Waals surface area contributed by atoms with Crippen molar-refractivity contribution in [3.63, 3.8) is 0 Å². The molecule has 0 aliphatic carbocycles. The van der Waals surface area contributed by atoms with Crippen molar-refractivity contribution in [2.75, 3.05) is 11.9 Å². The van der Waals surface area contributed by atoms with E-state index in [1.54, 1.807) is 11.3 Å². The Kier molecular flexibility index (Phi) is 5.08. The second kappa shape index (κ2) is 7.82. The molecule has 4 nitrogen and oxygen atoms in total. The zero-order valence-electron chi connectivity index (χ0n) is 14.7. The molecule has 3 N–H and O–H groups in total. The number of anilines is 1. The number of hydrogen-bond donors (Lipinski definition) is 3. The third-order valence-electron chi connectivity index (χ3n) is 4.53. The van der Waals surface area contributed by atoms with Crippen LogP contribution in [0.5, 0.6) is 0 Å². The van der Waals surface area contributed by atoms with E-state index in [1.165, 1.54) is 6.07 Å². The van der Waals surface area contributed by atoms with Crippen molar-refractivity contribution >= 4 is 34.0 Å². The maximum absolute atomic E-state index is 13.7. The highest BCUT2D eigenvalue weighted by atomic mass is 32.1. The van der Waals surface area contributed by atoms with Gasteiger partial charge >= 0.3 is 6.03 Å². The van der Waals surface area contributed by atoms with Gasteiger partial charge in [-0.05, 0) is 35.2 Å². The van der Waals surface area contributed by atoms with Crippen molar-refractivity contribution in [1.82, 2.24) is 10.3 Å². The minimum atomic E-state index is -0.818. The molecule has 0 radical (unpaired) electrons. The molecule has 0 aliphatic heterocycles. The van der Waals surface area contributed by atoms with Gasteiger partial charge in [0.1, 0.15) is 11.6 Å². The maximum atomic E-state index is 13.7. The summed E-state index contributed by atoms with van der Waals surface area (Å²) in [5.41, 5.74) is 2.03. The predicted octanol–water partition coefficient (Wildman–Crippen LogP) is 5.46. The number of H-pyrrole nitrogens is 1. The monoisotopic (exact) mass is 397 g/mol. The molecule has 0 aliphatic rings. The number of amides is 2. The van der Waals surface area contributed by atoms with Crippen LogP contribution in [-0.2, 0) is 0 Å². The fourth-order valence-corrected chi connectivity index (χ4v) is 4.03. The molecular weight excluding hydrogens is 380 g/mol. The molecule has 0 saturated carbocycles. The number of urea groups is 1. The van der Waals surface area contributed by atoms with Gasteiger partial charge in [-0.2, -0.15) is 0 Å². The summed E-state index contributed by atoms with van der Waals surface area (Å²) in [6.07, 6.45) is 1.95. The van der Waals surface area contributed by atoms with Crippen LogP contribution >= 0.6 is 11.3 Å². The third kappa shape index (κ3) is 3.75. The Balaban J connectivity index is 1.53. The van der Waals surface area contributed by atoms with Gasteiger partial charge < -0.3 is 15.6 Å². The number of fused-ring (bicyclic) bond motifs is 1. The Labute approximate surface area is 164 Å². The highest BCUT2D eigenvalue weighted by Crippen LogP contribution is 2.32. The summed E-state index contributed by atoms with van der Waals surface area (Å²) in [6.45, 7) is 0.330. The molecular formula is C21H17F2N3OS. The van der Waals surface area contributed by atoms with Crippen molar-refractivity contribution in [2.24, 2.45) is 0 Å². The average Bonchev–Trinajstić information content (AvgIpc) is 3.35. The Morgan fingerprint density at radius 2 is 1.96 bits per heavy atom. The Hall–Kier alpha value is -3.19. The fraction of sp³-hybridized carbons (Fsp3) is 0.0952. The molecule has 2 heterocycles. The van der Waals surface area contributed by atoms with Crippen molar-refractivity contribution in [1.29, 1.82) is 0 Å². The van der Waals surface area contributed by atoms with Crippen LogP contribution in [0.1, 0.15) is 16.4 Å². The highest BCUT2D eigenvalue weighted by Gasteiger charge is 2.20. The Morgan fingerprint density at radius 3 is 2.75 bits per heavy atom. The first-order chi connectivity index (χ1) is 13.6. The van der Waals surface area contributed by atoms with Gasteiger partial charge in [-0.15, -0.1) is 11.3 Å². The molecule has 1 atom stereocenters. The first kappa shape index (κ1) is 18.2. The summed E-state index contributed by atoms with van der Waals surface area (Å²) in [5, 5.41) is 8.30. The van der Waals surface area contributed by atoms with Crippen LogP contribution in [-0.4, -0.2) is 17.6 Å². The van der Waals surface area contributed by atoms with Gasteiger partial charge in [0.05, 0.1) is 5.69 Å². The van der Waals surface area contributed by atoms with Gasteiger partial charge in [0.25, 0.3) is 0 Å². The lowest BCUT2D eigenvalue weighted by atomic mass is 9.97. The number of thiophene rings is 1. The third-order valence-corrected chi connectivity index (χ3v) is 5.52. The van der Waals surface area contributed by atoms with Gasteiger partial charge in [0.15, 0.2) is 0 Å². The highest BCUT2D eigenvalue weighted by molar-refractivity contribution is 7.10. The van der Waals surface area contributed by atoms with E-state index in [1.807, 2.05) is 48.0 Å². The summed E-state index contributed by atoms with van der Waals surface area (Å²) in [4.78, 5) is 16.6. The molecule has 0 fully saturated rings. The van der Waals surface area contributed by atoms with E-state index in [9.17, 15) is 13.6 Å². The molecule has 2 aromatic carbocycles. The van der Waals surface area contributed by atoms with E-state index < -0.39 is 17.7 Å². The van der Waals surface area contributed by atoms with Crippen LogP contribution in [0.4, 0.5) is 19.3 Å². The first-order valence-corrected chi connectivity index (χ1v) is 9.59. The summed E-state index contributed by atoms with van der Waals surface area (Å²) in [5.74, 6) is -1.57. The number of carbonyl (C=O) groups is 1. The summed E-state index contributed by atoms with van der Waals surface area (Å²) in [7, 11) is 0. The normalized spacial score (nSPS) is 12.1. The fourth-order valence-electron chi connectivity index (χ4n) is 3.19. The Bertz CT molecular complexity index is 1110. The number of nitrogens with one attached hydrogen (secondary N) is 3. The molecule has 4 rings (SSSR count). The van der Waals surface area contributed by atoms with Crippen LogP contribution < -0.4 is 10.6 Å². The number of carbonyl (C=O) groups excluding carboxylic acids is 1. The van der Waals surface area contributed by atoms with E-state index >= 15 is 0 Å². The lowest BCUT2D eigenvalue weighted by molar-refractivity contribution is 0.251. The van der Waals surface area contributed by atoms with Crippen LogP contribution in [0.15, 0.2) is 66.2 Å². The van der Waals surface area contributed by atoms with Crippen molar-refractivity contribution in [3.8, 4) is 0 Å². The minimum Gasteiger partial charge on any atom is -0.361 e. The number of benzene rings is 2. The van der Waals surface area contributed by atoms with E-state index in [0.717, 1.165) is 33.5 Å². The molecule has 0 unspecified atom stereocenters. The van der Waals surface area contributed by atoms with E-state index in [4.69, 9.17) is 0 Å². The van der Waals surface area contributed by atoms with Gasteiger partial charge in [-0.25, -0.2) is 13.6 Å². The van der Waals surface area contributed by atoms with Crippen LogP contribution in [0, 0.1) is 11.6 Å². The number of aromatic amines is 1. The molecule has 2 aromatic heterocycles. The number of para-hydroxylation sites is 1. The molecule has 7 heteroatoms. The summed E-state index contributed by atoms with van der Waals surface area (Å²) < 4.78 is 26.8. The lowest BCUT2D eigenvalue weighted by Crippen LogP contribution is -2.32. The standard InChI is InChI=1S/C21H17F2N3OS/c22-13-7-8-19(17(23)10-13)26-21(27)25-12-16(20-6-3-9-28-20)15-11-24-18-5-2-1-4-14(15)18/h1-11,16,24H,12H2,(H2,25,26,27)/t16-/m0/s1. The van der Waals surface area contributed by atoms with Crippen molar-refractivity contribution in [2.45, 2.75) is 5.92 Å². The molecule has 4 aromatic rings. The molecule has 142 valence electrons. The first-order valence-electron chi connectivity index (χ1n) is 8.71. The SMILES string of the molecule is O=C(NC[C@H](c1cccs1)c1c[nH]c2ccccc12)Nc1ccc(F)cc1F. The van der Waals surface area contributed by atoms with E-state index in [2.05, 4.69) is 15.6 Å². The summed E-state index contributed by atoms with van der Waals surface area (Å²) in [6, 6.07) is 14.4. The zero-order valence-corrected chi connectivity index (χ0v) is 15.5. The van der Waals surface area contributed by atoms with Crippen LogP contribution in [0.3, 0.4) is 0 Å². The zero-order chi connectivity index (χ0) is 19.5. The van der Waals surface area contributed by atoms with Gasteiger partial charge in [-0.1, -0.05) is 24.3 Å². The summed E-state index contributed by atoms with van der Waals surface area (Å²) >= 11 is 1.61. The predicted molar refractivity (Wildman–Crippen MR) is 108 cm³/mol. The van der Waals surface area contributed by atoms with Gasteiger partial charge in [0, 0.05) is 40.5 Å². The van der Waals surface area contributed by atoms with Crippen molar-refractivity contribution in [3.05, 3.63) is 88.2 Å². The number of halogens is 2. The number of rotatable bonds is 5. The van der Waals surface area contributed by atoms with Crippen LogP contribution in [0.25, 0.3) is 10.9 Å². The molecule has 28 heavy (non-hydrogen) atoms. The maximum Gasteiger partial charge on any atom is 0.319 e. The largest absolute Gasteiger partial charge is 0.361 e. The molecule has 0 spiro atoms. The lowest BCUT2D eigenvalue weighted by Gasteiger charge is -2.17. The second-order valence-corrected chi connectivity index (χ2v) is 7.30. The van der Waals surface area contributed by atoms with Crippen LogP contribution in [0.2, 0.25) is 0 Å². The van der Waals surface area contributed by atoms with Gasteiger partial charge in [-0.3, -0.25) is 0 Å². The molecule has 0 bridgehead atoms. The Morgan fingerprint density at radius 1 is 1.11 bits per heavy atom. The molecule has 0 saturated heterocycles. The average molecular weight is 397 g/mol. The minimum absolute atomic E-state index is 0.0556. The quantitative estimate of drug-likeness (QED) is 0.411. The van der Waals surface area contributed by atoms with Crippen molar-refractivity contribution < 1.29 is 13.6 Å².